The van der Waals surface area contributed by atoms with Crippen molar-refractivity contribution in [3.8, 4) is 5.75 Å². The molecule has 0 fully saturated rings. The summed E-state index contributed by atoms with van der Waals surface area (Å²) >= 11 is 0. The van der Waals surface area contributed by atoms with E-state index in [4.69, 9.17) is 4.74 Å². The van der Waals surface area contributed by atoms with E-state index >= 15 is 0 Å². The van der Waals surface area contributed by atoms with E-state index in [0.717, 1.165) is 12.3 Å². The molecule has 0 radical (unpaired) electrons. The minimum Gasteiger partial charge on any atom is -0.496 e. The molecule has 0 spiro atoms. The fourth-order valence-electron chi connectivity index (χ4n) is 2.00. The number of rotatable bonds is 5. The third-order valence-corrected chi connectivity index (χ3v) is 3.06. The normalized spacial score (nSPS) is 12.1. The van der Waals surface area contributed by atoms with Crippen molar-refractivity contribution >= 4 is 0 Å². The van der Waals surface area contributed by atoms with E-state index in [9.17, 15) is 0 Å². The van der Waals surface area contributed by atoms with Gasteiger partial charge in [0.2, 0.25) is 0 Å². The van der Waals surface area contributed by atoms with Crippen LogP contribution in [0.15, 0.2) is 54.6 Å². The first kappa shape index (κ1) is 12.7. The van der Waals surface area contributed by atoms with E-state index in [0.29, 0.717) is 0 Å². The fourth-order valence-corrected chi connectivity index (χ4v) is 2.00. The number of benzene rings is 2. The summed E-state index contributed by atoms with van der Waals surface area (Å²) in [6.45, 7) is 3.01. The van der Waals surface area contributed by atoms with Crippen LogP contribution < -0.4 is 10.1 Å². The lowest BCUT2D eigenvalue weighted by Crippen LogP contribution is -2.18. The highest BCUT2D eigenvalue weighted by atomic mass is 16.5. The second kappa shape index (κ2) is 6.22. The first-order chi connectivity index (χ1) is 8.81. The van der Waals surface area contributed by atoms with Crippen LogP contribution in [0.1, 0.15) is 24.1 Å². The molecule has 2 aromatic carbocycles. The highest BCUT2D eigenvalue weighted by molar-refractivity contribution is 5.35. The second-order valence-corrected chi connectivity index (χ2v) is 4.33. The minimum absolute atomic E-state index is 0.265. The van der Waals surface area contributed by atoms with Crippen molar-refractivity contribution in [3.63, 3.8) is 0 Å². The van der Waals surface area contributed by atoms with E-state index in [1.165, 1.54) is 11.1 Å². The summed E-state index contributed by atoms with van der Waals surface area (Å²) in [6, 6.07) is 18.8. The largest absolute Gasteiger partial charge is 0.496 e. The molecule has 1 atom stereocenters. The smallest absolute Gasteiger partial charge is 0.123 e. The summed E-state index contributed by atoms with van der Waals surface area (Å²) in [5.74, 6) is 0.936. The molecular weight excluding hydrogens is 222 g/mol. The zero-order valence-corrected chi connectivity index (χ0v) is 10.9. The van der Waals surface area contributed by atoms with Crippen molar-refractivity contribution in [2.45, 2.75) is 19.5 Å². The second-order valence-electron chi connectivity index (χ2n) is 4.33. The Morgan fingerprint density at radius 1 is 1.00 bits per heavy atom. The summed E-state index contributed by atoms with van der Waals surface area (Å²) in [6.07, 6.45) is 0. The fraction of sp³-hybridized carbons (Fsp3) is 0.250. The van der Waals surface area contributed by atoms with Gasteiger partial charge in [-0.25, -0.2) is 0 Å². The molecule has 0 heterocycles. The monoisotopic (exact) mass is 241 g/mol. The number of para-hydroxylation sites is 1. The Bertz CT molecular complexity index is 481. The highest BCUT2D eigenvalue weighted by Crippen LogP contribution is 2.24. The Kier molecular flexibility index (Phi) is 4.37. The number of ether oxygens (including phenoxy) is 1. The van der Waals surface area contributed by atoms with Gasteiger partial charge < -0.3 is 10.1 Å². The molecule has 1 N–H and O–H groups in total. The number of methoxy groups -OCH3 is 1. The number of hydrogen-bond donors (Lipinski definition) is 1. The average Bonchev–Trinajstić information content (AvgIpc) is 2.45. The Morgan fingerprint density at radius 3 is 2.39 bits per heavy atom. The standard InChI is InChI=1S/C16H19NO/c1-13(15-10-6-7-11-16(15)18-2)17-12-14-8-4-3-5-9-14/h3-11,13,17H,12H2,1-2H3. The predicted octanol–water partition coefficient (Wildman–Crippen LogP) is 3.55. The first-order valence-corrected chi connectivity index (χ1v) is 6.21. The molecule has 2 rings (SSSR count). The van der Waals surface area contributed by atoms with Gasteiger partial charge in [-0.3, -0.25) is 0 Å². The molecule has 2 heteroatoms. The maximum atomic E-state index is 5.38. The van der Waals surface area contributed by atoms with Crippen molar-refractivity contribution in [3.05, 3.63) is 65.7 Å². The molecule has 0 aromatic heterocycles. The van der Waals surface area contributed by atoms with E-state index < -0.39 is 0 Å². The lowest BCUT2D eigenvalue weighted by atomic mass is 10.1. The van der Waals surface area contributed by atoms with E-state index in [1.807, 2.05) is 24.3 Å². The number of nitrogens with one attached hydrogen (secondary N) is 1. The Balaban J connectivity index is 2.01. The van der Waals surface area contributed by atoms with Gasteiger partial charge in [-0.05, 0) is 18.6 Å². The SMILES string of the molecule is COc1ccccc1C(C)NCc1ccccc1. The molecule has 94 valence electrons. The summed E-state index contributed by atoms with van der Waals surface area (Å²) in [5.41, 5.74) is 2.48. The maximum Gasteiger partial charge on any atom is 0.123 e. The summed E-state index contributed by atoms with van der Waals surface area (Å²) in [7, 11) is 1.71. The van der Waals surface area contributed by atoms with Crippen molar-refractivity contribution in [1.82, 2.24) is 5.32 Å². The third-order valence-electron chi connectivity index (χ3n) is 3.06. The number of hydrogen-bond acceptors (Lipinski definition) is 2. The molecular formula is C16H19NO. The lowest BCUT2D eigenvalue weighted by Gasteiger charge is -2.17. The molecule has 0 bridgehead atoms. The van der Waals surface area contributed by atoms with Crippen LogP contribution in [0.2, 0.25) is 0 Å². The molecule has 18 heavy (non-hydrogen) atoms. The van der Waals surface area contributed by atoms with Gasteiger partial charge in [0, 0.05) is 18.2 Å². The van der Waals surface area contributed by atoms with Crippen molar-refractivity contribution in [2.24, 2.45) is 0 Å². The van der Waals surface area contributed by atoms with Gasteiger partial charge in [-0.2, -0.15) is 0 Å². The van der Waals surface area contributed by atoms with Crippen molar-refractivity contribution in [1.29, 1.82) is 0 Å². The topological polar surface area (TPSA) is 21.3 Å². The van der Waals surface area contributed by atoms with E-state index in [2.05, 4.69) is 42.6 Å². The summed E-state index contributed by atoms with van der Waals surface area (Å²) < 4.78 is 5.38. The van der Waals surface area contributed by atoms with Crippen LogP contribution in [0.4, 0.5) is 0 Å². The molecule has 0 saturated carbocycles. The molecule has 0 aliphatic carbocycles. The van der Waals surface area contributed by atoms with Gasteiger partial charge >= 0.3 is 0 Å². The van der Waals surface area contributed by atoms with Gasteiger partial charge in [0.25, 0.3) is 0 Å². The molecule has 2 nitrogen and oxygen atoms in total. The Hall–Kier alpha value is -1.80. The lowest BCUT2D eigenvalue weighted by molar-refractivity contribution is 0.401. The Labute approximate surface area is 109 Å². The Morgan fingerprint density at radius 2 is 1.67 bits per heavy atom. The summed E-state index contributed by atoms with van der Waals surface area (Å²) in [5, 5.41) is 3.51. The molecule has 0 saturated heterocycles. The zero-order chi connectivity index (χ0) is 12.8. The van der Waals surface area contributed by atoms with E-state index in [-0.39, 0.29) is 6.04 Å². The molecule has 1 unspecified atom stereocenters. The van der Waals surface area contributed by atoms with Crippen molar-refractivity contribution < 1.29 is 4.74 Å². The van der Waals surface area contributed by atoms with Crippen LogP contribution in [0.5, 0.6) is 5.75 Å². The maximum absolute atomic E-state index is 5.38. The van der Waals surface area contributed by atoms with E-state index in [1.54, 1.807) is 7.11 Å². The highest BCUT2D eigenvalue weighted by Gasteiger charge is 2.09. The third kappa shape index (κ3) is 3.11. The van der Waals surface area contributed by atoms with Gasteiger partial charge in [-0.1, -0.05) is 48.5 Å². The molecule has 2 aromatic rings. The van der Waals surface area contributed by atoms with Crippen molar-refractivity contribution in [2.75, 3.05) is 7.11 Å². The van der Waals surface area contributed by atoms with Gasteiger partial charge in [0.05, 0.1) is 7.11 Å². The minimum atomic E-state index is 0.265. The van der Waals surface area contributed by atoms with Gasteiger partial charge in [0.1, 0.15) is 5.75 Å². The van der Waals surface area contributed by atoms with Crippen LogP contribution in [-0.2, 0) is 6.54 Å². The zero-order valence-electron chi connectivity index (χ0n) is 10.9. The quantitative estimate of drug-likeness (QED) is 0.864. The van der Waals surface area contributed by atoms with Crippen LogP contribution in [0, 0.1) is 0 Å². The van der Waals surface area contributed by atoms with Gasteiger partial charge in [-0.15, -0.1) is 0 Å². The molecule has 0 aliphatic rings. The van der Waals surface area contributed by atoms with Crippen LogP contribution >= 0.6 is 0 Å². The first-order valence-electron chi connectivity index (χ1n) is 6.21. The van der Waals surface area contributed by atoms with Crippen LogP contribution in [0.3, 0.4) is 0 Å². The molecule has 0 aliphatic heterocycles. The van der Waals surface area contributed by atoms with Crippen LogP contribution in [-0.4, -0.2) is 7.11 Å². The predicted molar refractivity (Wildman–Crippen MR) is 74.7 cm³/mol. The average molecular weight is 241 g/mol. The molecule has 0 amide bonds. The van der Waals surface area contributed by atoms with Gasteiger partial charge in [0.15, 0.2) is 0 Å². The summed E-state index contributed by atoms with van der Waals surface area (Å²) in [4.78, 5) is 0. The van der Waals surface area contributed by atoms with Crippen LogP contribution in [0.25, 0.3) is 0 Å².